The van der Waals surface area contributed by atoms with Gasteiger partial charge in [0.05, 0.1) is 35.5 Å². The van der Waals surface area contributed by atoms with Gasteiger partial charge in [-0.1, -0.05) is 6.42 Å². The lowest BCUT2D eigenvalue weighted by molar-refractivity contribution is -0.895. The highest BCUT2D eigenvalue weighted by atomic mass is 32.2. The Morgan fingerprint density at radius 3 is 2.65 bits per heavy atom. The second-order valence-corrected chi connectivity index (χ2v) is 12.0. The lowest BCUT2D eigenvalue weighted by Gasteiger charge is -2.32. The summed E-state index contributed by atoms with van der Waals surface area (Å²) in [5, 5.41) is 3.36. The molecule has 1 aromatic carbocycles. The fourth-order valence-electron chi connectivity index (χ4n) is 4.65. The van der Waals surface area contributed by atoms with Crippen LogP contribution in [0.5, 0.6) is 0 Å². The average molecular weight is 507 g/mol. The number of hydrogen-bond donors (Lipinski definition) is 2. The van der Waals surface area contributed by atoms with Crippen LogP contribution in [0.1, 0.15) is 64.3 Å². The molecule has 1 amide bonds. The summed E-state index contributed by atoms with van der Waals surface area (Å²) in [5.41, 5.74) is 1.73. The summed E-state index contributed by atoms with van der Waals surface area (Å²) < 4.78 is 32.9. The van der Waals surface area contributed by atoms with Crippen molar-refractivity contribution in [2.45, 2.75) is 57.0 Å². The predicted octanol–water partition coefficient (Wildman–Crippen LogP) is 2.31. The van der Waals surface area contributed by atoms with E-state index in [1.54, 1.807) is 11.2 Å². The van der Waals surface area contributed by atoms with Gasteiger partial charge in [-0.15, -0.1) is 11.3 Å². The van der Waals surface area contributed by atoms with Gasteiger partial charge in [-0.05, 0) is 56.5 Å². The van der Waals surface area contributed by atoms with E-state index in [9.17, 15) is 18.0 Å². The molecule has 1 aromatic heterocycles. The van der Waals surface area contributed by atoms with E-state index in [1.165, 1.54) is 40.5 Å². The Kier molecular flexibility index (Phi) is 7.42. The number of hydrogen-bond acceptors (Lipinski definition) is 6. The summed E-state index contributed by atoms with van der Waals surface area (Å²) >= 11 is 1.41. The maximum absolute atomic E-state index is 13.1. The third kappa shape index (κ3) is 4.91. The number of anilines is 1. The fraction of sp³-hybridized carbons (Fsp3) is 0.500. The van der Waals surface area contributed by atoms with E-state index in [0.29, 0.717) is 22.7 Å². The van der Waals surface area contributed by atoms with Gasteiger partial charge < -0.3 is 15.0 Å². The third-order valence-electron chi connectivity index (χ3n) is 6.53. The summed E-state index contributed by atoms with van der Waals surface area (Å²) in [6.45, 7) is 6.17. The Morgan fingerprint density at radius 2 is 1.97 bits per heavy atom. The van der Waals surface area contributed by atoms with Crippen LogP contribution in [0.4, 0.5) is 5.00 Å². The number of benzene rings is 1. The Labute approximate surface area is 204 Å². The van der Waals surface area contributed by atoms with Crippen LogP contribution >= 0.6 is 11.3 Å². The number of carbonyl (C=O) groups is 2. The van der Waals surface area contributed by atoms with Crippen LogP contribution in [0, 0.1) is 0 Å². The Bertz CT molecular complexity index is 1170. The van der Waals surface area contributed by atoms with Gasteiger partial charge >= 0.3 is 5.97 Å². The Balaban J connectivity index is 1.56. The smallest absolute Gasteiger partial charge is 0.341 e. The van der Waals surface area contributed by atoms with Crippen LogP contribution < -0.4 is 10.2 Å². The minimum Gasteiger partial charge on any atom is -0.462 e. The summed E-state index contributed by atoms with van der Waals surface area (Å²) in [7, 11) is -1.50. The van der Waals surface area contributed by atoms with Crippen LogP contribution in [0.3, 0.4) is 0 Å². The van der Waals surface area contributed by atoms with Gasteiger partial charge in [0, 0.05) is 24.6 Å². The lowest BCUT2D eigenvalue weighted by atomic mass is 10.0. The molecule has 2 aliphatic rings. The van der Waals surface area contributed by atoms with Crippen molar-refractivity contribution in [1.29, 1.82) is 0 Å². The number of esters is 1. The summed E-state index contributed by atoms with van der Waals surface area (Å²) in [6.07, 6.45) is 3.49. The molecule has 8 nitrogen and oxygen atoms in total. The van der Waals surface area contributed by atoms with Crippen molar-refractivity contribution >= 4 is 38.2 Å². The first-order valence-electron chi connectivity index (χ1n) is 11.8. The summed E-state index contributed by atoms with van der Waals surface area (Å²) in [5.74, 6) is -0.813. The van der Waals surface area contributed by atoms with E-state index >= 15 is 0 Å². The van der Waals surface area contributed by atoms with Crippen molar-refractivity contribution in [3.05, 3.63) is 45.8 Å². The van der Waals surface area contributed by atoms with Gasteiger partial charge in [-0.25, -0.2) is 13.2 Å². The van der Waals surface area contributed by atoms with E-state index in [4.69, 9.17) is 4.74 Å². The molecular weight excluding hydrogens is 474 g/mol. The highest BCUT2D eigenvalue weighted by Crippen LogP contribution is 2.35. The summed E-state index contributed by atoms with van der Waals surface area (Å²) in [4.78, 5) is 28.3. The molecule has 2 aliphatic heterocycles. The van der Waals surface area contributed by atoms with Crippen LogP contribution in [0.25, 0.3) is 0 Å². The molecule has 4 rings (SSSR count). The van der Waals surface area contributed by atoms with E-state index in [0.717, 1.165) is 49.2 Å². The normalized spacial score (nSPS) is 21.0. The first-order valence-corrected chi connectivity index (χ1v) is 14.0. The fourth-order valence-corrected chi connectivity index (χ4v) is 7.69. The largest absolute Gasteiger partial charge is 0.462 e. The average Bonchev–Trinajstić information content (AvgIpc) is 3.16. The molecule has 2 N–H and O–H groups in total. The number of quaternary nitrogens is 1. The number of amides is 1. The molecule has 1 saturated heterocycles. The summed E-state index contributed by atoms with van der Waals surface area (Å²) in [6, 6.07) is 5.97. The number of ether oxygens (including phenoxy) is 1. The molecule has 0 bridgehead atoms. The van der Waals surface area contributed by atoms with Gasteiger partial charge in [-0.2, -0.15) is 4.31 Å². The molecule has 2 aromatic rings. The van der Waals surface area contributed by atoms with Crippen molar-refractivity contribution < 1.29 is 27.6 Å². The zero-order valence-electron chi connectivity index (χ0n) is 19.8. The van der Waals surface area contributed by atoms with Gasteiger partial charge in [0.25, 0.3) is 5.91 Å². The Hall–Kier alpha value is -2.27. The monoisotopic (exact) mass is 506 g/mol. The minimum atomic E-state index is -3.60. The van der Waals surface area contributed by atoms with Crippen LogP contribution in [0.2, 0.25) is 0 Å². The van der Waals surface area contributed by atoms with Gasteiger partial charge in [0.2, 0.25) is 10.0 Å². The number of nitrogens with one attached hydrogen (secondary N) is 2. The highest BCUT2D eigenvalue weighted by molar-refractivity contribution is 7.89. The highest BCUT2D eigenvalue weighted by Gasteiger charge is 2.32. The number of rotatable bonds is 6. The van der Waals surface area contributed by atoms with Crippen molar-refractivity contribution in [3.63, 3.8) is 0 Å². The first-order chi connectivity index (χ1) is 16.2. The molecule has 0 spiro atoms. The molecule has 1 fully saturated rings. The van der Waals surface area contributed by atoms with Gasteiger partial charge in [0.15, 0.2) is 0 Å². The molecule has 10 heteroatoms. The standard InChI is InChI=1S/C24H31N3O5S2/c1-4-32-24(29)21-19-12-14-26(3)15-20(19)33-23(21)25-22(28)17-8-10-18(11-9-17)34(30,31)27-13-6-5-7-16(27)2/h8-11,16H,4-7,12-15H2,1-3H3,(H,25,28)/p+1. The molecule has 2 unspecified atom stereocenters. The number of nitrogens with zero attached hydrogens (tertiary/aromatic N) is 1. The molecule has 2 atom stereocenters. The maximum Gasteiger partial charge on any atom is 0.341 e. The molecule has 0 saturated carbocycles. The second kappa shape index (κ2) is 10.2. The second-order valence-electron chi connectivity index (χ2n) is 9.00. The van der Waals surface area contributed by atoms with Crippen molar-refractivity contribution in [2.75, 3.05) is 32.1 Å². The van der Waals surface area contributed by atoms with Crippen molar-refractivity contribution in [3.8, 4) is 0 Å². The van der Waals surface area contributed by atoms with Crippen LogP contribution in [-0.4, -0.2) is 57.4 Å². The number of fused-ring (bicyclic) bond motifs is 1. The van der Waals surface area contributed by atoms with E-state index in [2.05, 4.69) is 12.4 Å². The molecule has 34 heavy (non-hydrogen) atoms. The van der Waals surface area contributed by atoms with Crippen molar-refractivity contribution in [1.82, 2.24) is 4.31 Å². The molecular formula is C24H32N3O5S2+. The SMILES string of the molecule is CCOC(=O)c1c(NC(=O)c2ccc(S(=O)(=O)N3CCCCC3C)cc2)sc2c1CC[NH+](C)C2. The predicted molar refractivity (Wildman–Crippen MR) is 131 cm³/mol. The number of thiophene rings is 1. The van der Waals surface area contributed by atoms with E-state index < -0.39 is 16.0 Å². The quantitative estimate of drug-likeness (QED) is 0.586. The van der Waals surface area contributed by atoms with Crippen LogP contribution in [0.15, 0.2) is 29.2 Å². The van der Waals surface area contributed by atoms with Gasteiger partial charge in [-0.3, -0.25) is 4.79 Å². The third-order valence-corrected chi connectivity index (χ3v) is 9.70. The topological polar surface area (TPSA) is 97.2 Å². The van der Waals surface area contributed by atoms with Crippen molar-refractivity contribution in [2.24, 2.45) is 0 Å². The number of likely N-dealkylation sites (N-methyl/N-ethyl adjacent to an activating group) is 1. The zero-order chi connectivity index (χ0) is 24.5. The zero-order valence-corrected chi connectivity index (χ0v) is 21.5. The molecule has 3 heterocycles. The lowest BCUT2D eigenvalue weighted by Crippen LogP contribution is -3.08. The minimum absolute atomic E-state index is 0.0335. The van der Waals surface area contributed by atoms with E-state index in [1.807, 2.05) is 6.92 Å². The number of piperidine rings is 1. The number of carbonyl (C=O) groups excluding carboxylic acids is 2. The molecule has 184 valence electrons. The van der Waals surface area contributed by atoms with Gasteiger partial charge in [0.1, 0.15) is 11.5 Å². The Morgan fingerprint density at radius 1 is 1.24 bits per heavy atom. The molecule has 0 radical (unpaired) electrons. The first kappa shape index (κ1) is 24.8. The molecule has 0 aliphatic carbocycles. The maximum atomic E-state index is 13.1. The van der Waals surface area contributed by atoms with E-state index in [-0.39, 0.29) is 23.5 Å². The number of sulfonamides is 1. The van der Waals surface area contributed by atoms with Crippen LogP contribution in [-0.2, 0) is 27.7 Å².